The average Bonchev–Trinajstić information content (AvgIpc) is 3.47. The lowest BCUT2D eigenvalue weighted by Crippen LogP contribution is -2.49. The molecule has 0 unspecified atom stereocenters. The first-order valence-electron chi connectivity index (χ1n) is 10.0. The van der Waals surface area contributed by atoms with Crippen LogP contribution in [-0.4, -0.2) is 36.9 Å². The summed E-state index contributed by atoms with van der Waals surface area (Å²) in [6.45, 7) is 9.26. The van der Waals surface area contributed by atoms with E-state index in [1.165, 1.54) is 7.11 Å². The van der Waals surface area contributed by atoms with E-state index >= 15 is 0 Å². The lowest BCUT2D eigenvalue weighted by Gasteiger charge is -2.37. The summed E-state index contributed by atoms with van der Waals surface area (Å²) in [7, 11) is 3.14. The van der Waals surface area contributed by atoms with Crippen LogP contribution in [0.15, 0.2) is 42.5 Å². The highest BCUT2D eigenvalue weighted by Crippen LogP contribution is 2.50. The minimum atomic E-state index is -0.953. The molecule has 0 heterocycles. The van der Waals surface area contributed by atoms with Crippen LogP contribution in [-0.2, 0) is 19.6 Å². The number of methoxy groups -OCH3 is 1. The van der Waals surface area contributed by atoms with Crippen molar-refractivity contribution in [2.24, 2.45) is 0 Å². The fourth-order valence-corrected chi connectivity index (χ4v) is 3.40. The minimum Gasteiger partial charge on any atom is -0.468 e. The standard InChI is InChI=1S/C24H30BO4/c1-16-15-18(9-12-20(16)24(13-14-24)21(26)28-6)17-7-10-19(11-8-17)25-29-23(4,5)22(2,3)27/h7-12,15,27H,13-14H2,1-6H3. The first kappa shape index (κ1) is 21.6. The van der Waals surface area contributed by atoms with Crippen LogP contribution in [0, 0.1) is 6.92 Å². The SMILES string of the molecule is COC(=O)C1(c2ccc(-c3ccc([B]OC(C)(C)C(C)(C)O)cc3)cc2C)CC1. The summed E-state index contributed by atoms with van der Waals surface area (Å²) in [5, 5.41) is 10.2. The van der Waals surface area contributed by atoms with Crippen LogP contribution < -0.4 is 5.46 Å². The second-order valence-corrected chi connectivity index (χ2v) is 9.03. The quantitative estimate of drug-likeness (QED) is 0.576. The molecule has 29 heavy (non-hydrogen) atoms. The molecular weight excluding hydrogens is 363 g/mol. The number of ether oxygens (including phenoxy) is 1. The summed E-state index contributed by atoms with van der Waals surface area (Å²) in [4.78, 5) is 12.2. The molecule has 0 aliphatic heterocycles. The Hall–Kier alpha value is -2.11. The van der Waals surface area contributed by atoms with E-state index < -0.39 is 16.6 Å². The van der Waals surface area contributed by atoms with Gasteiger partial charge in [0, 0.05) is 0 Å². The monoisotopic (exact) mass is 393 g/mol. The molecule has 1 radical (unpaired) electrons. The van der Waals surface area contributed by atoms with Crippen molar-refractivity contribution in [3.8, 4) is 11.1 Å². The van der Waals surface area contributed by atoms with Crippen LogP contribution >= 0.6 is 0 Å². The van der Waals surface area contributed by atoms with E-state index in [4.69, 9.17) is 9.39 Å². The number of aryl methyl sites for hydroxylation is 1. The van der Waals surface area contributed by atoms with Gasteiger partial charge in [-0.25, -0.2) is 0 Å². The first-order chi connectivity index (χ1) is 13.5. The Morgan fingerprint density at radius 3 is 2.10 bits per heavy atom. The summed E-state index contributed by atoms with van der Waals surface area (Å²) in [6.07, 6.45) is 1.71. The molecule has 0 spiro atoms. The van der Waals surface area contributed by atoms with Gasteiger partial charge in [0.15, 0.2) is 0 Å². The Morgan fingerprint density at radius 1 is 1.03 bits per heavy atom. The number of benzene rings is 2. The van der Waals surface area contributed by atoms with E-state index in [2.05, 4.69) is 25.1 Å². The third kappa shape index (κ3) is 4.26. The average molecular weight is 393 g/mol. The molecule has 1 aliphatic rings. The molecule has 1 saturated carbocycles. The van der Waals surface area contributed by atoms with E-state index in [1.807, 2.05) is 38.1 Å². The van der Waals surface area contributed by atoms with Crippen LogP contribution in [0.1, 0.15) is 51.7 Å². The van der Waals surface area contributed by atoms with Crippen molar-refractivity contribution in [3.05, 3.63) is 53.6 Å². The van der Waals surface area contributed by atoms with Gasteiger partial charge in [-0.1, -0.05) is 47.9 Å². The summed E-state index contributed by atoms with van der Waals surface area (Å²) in [6, 6.07) is 14.3. The number of hydrogen-bond acceptors (Lipinski definition) is 4. The molecule has 2 aromatic rings. The van der Waals surface area contributed by atoms with Crippen LogP contribution in [0.25, 0.3) is 11.1 Å². The lowest BCUT2D eigenvalue weighted by atomic mass is 9.82. The zero-order valence-electron chi connectivity index (χ0n) is 18.2. The highest BCUT2D eigenvalue weighted by atomic mass is 16.5. The van der Waals surface area contributed by atoms with Gasteiger partial charge >= 0.3 is 13.5 Å². The maximum absolute atomic E-state index is 12.2. The normalized spacial score (nSPS) is 15.7. The molecule has 1 aliphatic carbocycles. The molecule has 2 aromatic carbocycles. The molecule has 5 heteroatoms. The van der Waals surface area contributed by atoms with Gasteiger partial charge in [-0.3, -0.25) is 4.79 Å². The Balaban J connectivity index is 1.74. The summed E-state index contributed by atoms with van der Waals surface area (Å²) >= 11 is 0. The third-order valence-corrected chi connectivity index (χ3v) is 6.28. The van der Waals surface area contributed by atoms with Gasteiger partial charge in [-0.2, -0.15) is 0 Å². The van der Waals surface area contributed by atoms with Crippen molar-refractivity contribution in [1.29, 1.82) is 0 Å². The van der Waals surface area contributed by atoms with Crippen molar-refractivity contribution in [2.45, 2.75) is 64.1 Å². The second-order valence-electron chi connectivity index (χ2n) is 9.03. The van der Waals surface area contributed by atoms with Gasteiger partial charge in [0.1, 0.15) is 0 Å². The molecular formula is C24H30BO4. The topological polar surface area (TPSA) is 55.8 Å². The molecule has 0 amide bonds. The highest BCUT2D eigenvalue weighted by molar-refractivity contribution is 6.47. The molecule has 153 valence electrons. The van der Waals surface area contributed by atoms with Crippen molar-refractivity contribution >= 4 is 18.9 Å². The minimum absolute atomic E-state index is 0.137. The second kappa shape index (κ2) is 7.62. The van der Waals surface area contributed by atoms with Gasteiger partial charge in [-0.15, -0.1) is 0 Å². The van der Waals surface area contributed by atoms with E-state index in [9.17, 15) is 9.90 Å². The Morgan fingerprint density at radius 2 is 1.62 bits per heavy atom. The summed E-state index contributed by atoms with van der Waals surface area (Å²) < 4.78 is 10.8. The Bertz CT molecular complexity index is 890. The molecule has 0 saturated heterocycles. The van der Waals surface area contributed by atoms with Gasteiger partial charge in [0.2, 0.25) is 0 Å². The third-order valence-electron chi connectivity index (χ3n) is 6.28. The number of rotatable bonds is 7. The van der Waals surface area contributed by atoms with Gasteiger partial charge in [0.05, 0.1) is 23.7 Å². The van der Waals surface area contributed by atoms with Crippen LogP contribution in [0.2, 0.25) is 0 Å². The van der Waals surface area contributed by atoms with Crippen molar-refractivity contribution < 1.29 is 19.3 Å². The molecule has 4 nitrogen and oxygen atoms in total. The van der Waals surface area contributed by atoms with Crippen molar-refractivity contribution in [1.82, 2.24) is 0 Å². The van der Waals surface area contributed by atoms with Crippen molar-refractivity contribution in [2.75, 3.05) is 7.11 Å². The van der Waals surface area contributed by atoms with Crippen LogP contribution in [0.5, 0.6) is 0 Å². The van der Waals surface area contributed by atoms with E-state index in [-0.39, 0.29) is 5.97 Å². The predicted octanol–water partition coefficient (Wildman–Crippen LogP) is 3.68. The first-order valence-corrected chi connectivity index (χ1v) is 10.0. The van der Waals surface area contributed by atoms with Crippen molar-refractivity contribution in [3.63, 3.8) is 0 Å². The van der Waals surface area contributed by atoms with Gasteiger partial charge < -0.3 is 14.5 Å². The molecule has 3 rings (SSSR count). The summed E-state index contributed by atoms with van der Waals surface area (Å²) in [5.74, 6) is -0.137. The fourth-order valence-electron chi connectivity index (χ4n) is 3.40. The maximum atomic E-state index is 12.2. The Kier molecular flexibility index (Phi) is 5.68. The van der Waals surface area contributed by atoms with E-state index in [1.54, 1.807) is 21.3 Å². The number of carbonyl (C=O) groups excluding carboxylic acids is 1. The lowest BCUT2D eigenvalue weighted by molar-refractivity contribution is -0.143. The highest BCUT2D eigenvalue weighted by Gasteiger charge is 2.53. The van der Waals surface area contributed by atoms with Crippen LogP contribution in [0.3, 0.4) is 0 Å². The Labute approximate surface area is 174 Å². The molecule has 1 N–H and O–H groups in total. The molecule has 0 bridgehead atoms. The number of aliphatic hydroxyl groups is 1. The van der Waals surface area contributed by atoms with Gasteiger partial charge in [0.25, 0.3) is 0 Å². The summed E-state index contributed by atoms with van der Waals surface area (Å²) in [5.41, 5.74) is 3.22. The number of hydrogen-bond donors (Lipinski definition) is 1. The largest absolute Gasteiger partial charge is 0.468 e. The maximum Gasteiger partial charge on any atom is 0.330 e. The number of carbonyl (C=O) groups is 1. The predicted molar refractivity (Wildman–Crippen MR) is 116 cm³/mol. The zero-order chi connectivity index (χ0) is 21.4. The zero-order valence-corrected chi connectivity index (χ0v) is 18.2. The molecule has 0 atom stereocenters. The van der Waals surface area contributed by atoms with Crippen LogP contribution in [0.4, 0.5) is 0 Å². The molecule has 1 fully saturated rings. The molecule has 0 aromatic heterocycles. The number of esters is 1. The fraction of sp³-hybridized carbons (Fsp3) is 0.458. The van der Waals surface area contributed by atoms with E-state index in [0.29, 0.717) is 0 Å². The van der Waals surface area contributed by atoms with Gasteiger partial charge in [-0.05, 0) is 69.7 Å². The van der Waals surface area contributed by atoms with E-state index in [0.717, 1.165) is 40.6 Å². The smallest absolute Gasteiger partial charge is 0.330 e.